The van der Waals surface area contributed by atoms with E-state index in [1.807, 2.05) is 25.1 Å². The highest BCUT2D eigenvalue weighted by molar-refractivity contribution is 14.0. The summed E-state index contributed by atoms with van der Waals surface area (Å²) in [6.45, 7) is 14.0. The summed E-state index contributed by atoms with van der Waals surface area (Å²) in [6, 6.07) is 8.07. The zero-order valence-electron chi connectivity index (χ0n) is 16.2. The first-order chi connectivity index (χ1) is 11.5. The van der Waals surface area contributed by atoms with Gasteiger partial charge in [-0.2, -0.15) is 0 Å². The first kappa shape index (κ1) is 24.0. The van der Waals surface area contributed by atoms with Crippen LogP contribution in [-0.4, -0.2) is 37.9 Å². The number of aliphatic imine (C=N–C) groups is 1. The molecule has 6 heteroatoms. The van der Waals surface area contributed by atoms with Crippen molar-refractivity contribution >= 4 is 29.9 Å². The normalized spacial score (nSPS) is 11.6. The van der Waals surface area contributed by atoms with E-state index in [0.717, 1.165) is 50.0 Å². The van der Waals surface area contributed by atoms with Gasteiger partial charge in [0.15, 0.2) is 5.96 Å². The van der Waals surface area contributed by atoms with E-state index in [2.05, 4.69) is 49.4 Å². The predicted octanol–water partition coefficient (Wildman–Crippen LogP) is 3.96. The van der Waals surface area contributed by atoms with Crippen LogP contribution in [0.1, 0.15) is 46.6 Å². The Balaban J connectivity index is 0.00000576. The van der Waals surface area contributed by atoms with Gasteiger partial charge < -0.3 is 20.1 Å². The zero-order chi connectivity index (χ0) is 17.8. The lowest BCUT2D eigenvalue weighted by molar-refractivity contribution is 0.129. The van der Waals surface area contributed by atoms with Gasteiger partial charge in [-0.3, -0.25) is 0 Å². The molecule has 0 amide bonds. The van der Waals surface area contributed by atoms with Crippen LogP contribution in [0.4, 0.5) is 0 Å². The van der Waals surface area contributed by atoms with Gasteiger partial charge in [0.05, 0.1) is 6.54 Å². The molecule has 0 bridgehead atoms. The Hall–Kier alpha value is -1.02. The van der Waals surface area contributed by atoms with Gasteiger partial charge in [-0.05, 0) is 47.1 Å². The second-order valence-electron chi connectivity index (χ2n) is 6.49. The Bertz CT molecular complexity index is 502. The van der Waals surface area contributed by atoms with Crippen LogP contribution in [0.15, 0.2) is 29.3 Å². The fraction of sp³-hybridized carbons (Fsp3) is 0.632. The van der Waals surface area contributed by atoms with Crippen molar-refractivity contribution in [2.45, 2.75) is 53.2 Å². The molecule has 0 radical (unpaired) electrons. The summed E-state index contributed by atoms with van der Waals surface area (Å²) in [5.74, 6) is 1.71. The number of benzene rings is 1. The van der Waals surface area contributed by atoms with Gasteiger partial charge in [-0.1, -0.05) is 18.2 Å². The molecule has 144 valence electrons. The van der Waals surface area contributed by atoms with E-state index in [0.29, 0.717) is 6.54 Å². The Labute approximate surface area is 170 Å². The van der Waals surface area contributed by atoms with E-state index < -0.39 is 0 Å². The van der Waals surface area contributed by atoms with Gasteiger partial charge in [0.25, 0.3) is 0 Å². The van der Waals surface area contributed by atoms with Crippen molar-refractivity contribution in [1.29, 1.82) is 0 Å². The number of ether oxygens (including phenoxy) is 2. The van der Waals surface area contributed by atoms with Gasteiger partial charge in [0, 0.05) is 31.9 Å². The van der Waals surface area contributed by atoms with Gasteiger partial charge in [0.1, 0.15) is 11.4 Å². The summed E-state index contributed by atoms with van der Waals surface area (Å²) in [6.07, 6.45) is 0.960. The standard InChI is InChI=1S/C19H33N3O2.HI/c1-6-20-18(21-13-10-14-23-7-2)22-15-16-11-8-9-12-17(16)24-19(3,4)5;/h8-9,11-12H,6-7,10,13-15H2,1-5H3,(H2,20,21,22);1H. The van der Waals surface area contributed by atoms with Crippen LogP contribution in [-0.2, 0) is 11.3 Å². The van der Waals surface area contributed by atoms with Gasteiger partial charge in [0.2, 0.25) is 0 Å². The fourth-order valence-corrected chi connectivity index (χ4v) is 2.10. The van der Waals surface area contributed by atoms with Crippen LogP contribution in [0.25, 0.3) is 0 Å². The average molecular weight is 463 g/mol. The molecule has 0 aliphatic rings. The molecule has 25 heavy (non-hydrogen) atoms. The summed E-state index contributed by atoms with van der Waals surface area (Å²) in [4.78, 5) is 4.67. The monoisotopic (exact) mass is 463 g/mol. The van der Waals surface area contributed by atoms with Crippen LogP contribution in [0.2, 0.25) is 0 Å². The van der Waals surface area contributed by atoms with Crippen LogP contribution in [0, 0.1) is 0 Å². The van der Waals surface area contributed by atoms with Crippen molar-refractivity contribution in [1.82, 2.24) is 10.6 Å². The fourth-order valence-electron chi connectivity index (χ4n) is 2.10. The Morgan fingerprint density at radius 1 is 1.12 bits per heavy atom. The van der Waals surface area contributed by atoms with Crippen LogP contribution >= 0.6 is 24.0 Å². The molecule has 0 aliphatic heterocycles. The van der Waals surface area contributed by atoms with Gasteiger partial charge in [-0.25, -0.2) is 4.99 Å². The SMILES string of the molecule is CCNC(=NCc1ccccc1OC(C)(C)C)NCCCOCC.I. The molecule has 0 saturated heterocycles. The molecule has 0 saturated carbocycles. The molecule has 1 aromatic carbocycles. The second-order valence-corrected chi connectivity index (χ2v) is 6.49. The van der Waals surface area contributed by atoms with E-state index in [1.54, 1.807) is 0 Å². The highest BCUT2D eigenvalue weighted by atomic mass is 127. The molecule has 0 unspecified atom stereocenters. The molecule has 1 rings (SSSR count). The summed E-state index contributed by atoms with van der Waals surface area (Å²) in [5, 5.41) is 6.60. The number of guanidine groups is 1. The lowest BCUT2D eigenvalue weighted by atomic mass is 10.1. The van der Waals surface area contributed by atoms with Gasteiger partial charge >= 0.3 is 0 Å². The summed E-state index contributed by atoms with van der Waals surface area (Å²) < 4.78 is 11.4. The quantitative estimate of drug-likeness (QED) is 0.252. The number of halogens is 1. The van der Waals surface area contributed by atoms with Crippen molar-refractivity contribution in [3.8, 4) is 5.75 Å². The molecule has 5 nitrogen and oxygen atoms in total. The molecule has 0 atom stereocenters. The number of rotatable bonds is 9. The molecule has 0 aromatic heterocycles. The molecule has 0 heterocycles. The Morgan fingerprint density at radius 2 is 1.84 bits per heavy atom. The smallest absolute Gasteiger partial charge is 0.191 e. The minimum atomic E-state index is -0.220. The molecule has 0 fully saturated rings. The summed E-state index contributed by atoms with van der Waals surface area (Å²) in [7, 11) is 0. The minimum Gasteiger partial charge on any atom is -0.488 e. The number of para-hydroxylation sites is 1. The number of nitrogens with one attached hydrogen (secondary N) is 2. The lowest BCUT2D eigenvalue weighted by Crippen LogP contribution is -2.38. The van der Waals surface area contributed by atoms with E-state index in [9.17, 15) is 0 Å². The maximum Gasteiger partial charge on any atom is 0.191 e. The topological polar surface area (TPSA) is 54.9 Å². The second kappa shape index (κ2) is 13.2. The van der Waals surface area contributed by atoms with E-state index in [4.69, 9.17) is 9.47 Å². The lowest BCUT2D eigenvalue weighted by Gasteiger charge is -2.23. The average Bonchev–Trinajstić information content (AvgIpc) is 2.52. The molecular weight excluding hydrogens is 429 g/mol. The van der Waals surface area contributed by atoms with Crippen molar-refractivity contribution < 1.29 is 9.47 Å². The van der Waals surface area contributed by atoms with E-state index >= 15 is 0 Å². The van der Waals surface area contributed by atoms with E-state index in [-0.39, 0.29) is 29.6 Å². The molecule has 1 aromatic rings. The highest BCUT2D eigenvalue weighted by Gasteiger charge is 2.14. The van der Waals surface area contributed by atoms with Crippen molar-refractivity contribution in [2.24, 2.45) is 4.99 Å². The minimum absolute atomic E-state index is 0. The number of nitrogens with zero attached hydrogens (tertiary/aromatic N) is 1. The van der Waals surface area contributed by atoms with Crippen LogP contribution in [0.5, 0.6) is 5.75 Å². The van der Waals surface area contributed by atoms with Crippen LogP contribution < -0.4 is 15.4 Å². The molecule has 2 N–H and O–H groups in total. The summed E-state index contributed by atoms with van der Waals surface area (Å²) in [5.41, 5.74) is 0.862. The maximum atomic E-state index is 6.02. The van der Waals surface area contributed by atoms with Crippen molar-refractivity contribution in [2.75, 3.05) is 26.3 Å². The Kier molecular flexibility index (Phi) is 12.7. The van der Waals surface area contributed by atoms with Crippen molar-refractivity contribution in [3.63, 3.8) is 0 Å². The number of hydrogen-bond acceptors (Lipinski definition) is 3. The third-order valence-corrected chi connectivity index (χ3v) is 3.10. The zero-order valence-corrected chi connectivity index (χ0v) is 18.6. The summed E-state index contributed by atoms with van der Waals surface area (Å²) >= 11 is 0. The molecule has 0 spiro atoms. The third kappa shape index (κ3) is 11.3. The highest BCUT2D eigenvalue weighted by Crippen LogP contribution is 2.23. The van der Waals surface area contributed by atoms with Crippen LogP contribution in [0.3, 0.4) is 0 Å². The maximum absolute atomic E-state index is 6.02. The van der Waals surface area contributed by atoms with Crippen molar-refractivity contribution in [3.05, 3.63) is 29.8 Å². The molecular formula is C19H34IN3O2. The first-order valence-electron chi connectivity index (χ1n) is 8.83. The largest absolute Gasteiger partial charge is 0.488 e. The third-order valence-electron chi connectivity index (χ3n) is 3.10. The van der Waals surface area contributed by atoms with Gasteiger partial charge in [-0.15, -0.1) is 24.0 Å². The molecule has 0 aliphatic carbocycles. The van der Waals surface area contributed by atoms with E-state index in [1.165, 1.54) is 0 Å². The Morgan fingerprint density at radius 3 is 2.48 bits per heavy atom. The predicted molar refractivity (Wildman–Crippen MR) is 116 cm³/mol. The number of hydrogen-bond donors (Lipinski definition) is 2. The first-order valence-corrected chi connectivity index (χ1v) is 8.83.